The standard InChI is InChI=1S/C15H18Br2N6O3S/c1-7-4-5-23(10(24)3-2-9-19-15(26)22-21-9)8(7)6-18-13(25)11-12(16)27-14(17)20-11/h7-8H,2-6H2,1H3,(H,18,25)(H2,19,21,22,26). The highest BCUT2D eigenvalue weighted by Gasteiger charge is 2.34. The first kappa shape index (κ1) is 20.2. The SMILES string of the molecule is CC1CCN(C(=O)CCc2n[nH]c(=O)[nH]2)C1CNC(=O)c1nc(Br)sc1Br. The highest BCUT2D eigenvalue weighted by atomic mass is 79.9. The molecule has 3 heterocycles. The Morgan fingerprint density at radius 1 is 1.41 bits per heavy atom. The summed E-state index contributed by atoms with van der Waals surface area (Å²) in [6.07, 6.45) is 1.50. The molecule has 0 spiro atoms. The molecule has 2 unspecified atom stereocenters. The number of H-pyrrole nitrogens is 2. The first-order valence-electron chi connectivity index (χ1n) is 8.38. The van der Waals surface area contributed by atoms with Gasteiger partial charge in [-0.15, -0.1) is 0 Å². The average Bonchev–Trinajstić information content (AvgIpc) is 3.29. The number of carbonyl (C=O) groups is 2. The Labute approximate surface area is 175 Å². The maximum Gasteiger partial charge on any atom is 0.340 e. The van der Waals surface area contributed by atoms with Crippen LogP contribution < -0.4 is 11.0 Å². The molecule has 2 aromatic rings. The minimum Gasteiger partial charge on any atom is -0.349 e. The highest BCUT2D eigenvalue weighted by Crippen LogP contribution is 2.29. The Bertz CT molecular complexity index is 894. The van der Waals surface area contributed by atoms with Crippen LogP contribution in [0.1, 0.15) is 36.1 Å². The summed E-state index contributed by atoms with van der Waals surface area (Å²) in [4.78, 5) is 44.5. The zero-order chi connectivity index (χ0) is 19.6. The summed E-state index contributed by atoms with van der Waals surface area (Å²) in [6.45, 7) is 3.10. The second-order valence-corrected chi connectivity index (χ2v) is 9.94. The smallest absolute Gasteiger partial charge is 0.340 e. The van der Waals surface area contributed by atoms with E-state index in [9.17, 15) is 14.4 Å². The van der Waals surface area contributed by atoms with Crippen molar-refractivity contribution >= 4 is 55.0 Å². The van der Waals surface area contributed by atoms with Gasteiger partial charge in [-0.05, 0) is 44.2 Å². The number of hydrogen-bond donors (Lipinski definition) is 3. The van der Waals surface area contributed by atoms with Gasteiger partial charge in [-0.1, -0.05) is 18.3 Å². The van der Waals surface area contributed by atoms with E-state index in [1.54, 1.807) is 0 Å². The molecule has 1 aliphatic heterocycles. The fourth-order valence-electron chi connectivity index (χ4n) is 3.12. The molecule has 2 aromatic heterocycles. The van der Waals surface area contributed by atoms with Gasteiger partial charge in [0, 0.05) is 25.9 Å². The van der Waals surface area contributed by atoms with Crippen LogP contribution in [-0.2, 0) is 11.2 Å². The molecule has 9 nitrogen and oxygen atoms in total. The van der Waals surface area contributed by atoms with Crippen molar-refractivity contribution in [1.29, 1.82) is 0 Å². The topological polar surface area (TPSA) is 124 Å². The number of nitrogens with one attached hydrogen (secondary N) is 3. The number of thiazole rings is 1. The number of hydrogen-bond acceptors (Lipinski definition) is 6. The van der Waals surface area contributed by atoms with Crippen molar-refractivity contribution in [3.05, 3.63) is 29.7 Å². The number of amides is 2. The lowest BCUT2D eigenvalue weighted by atomic mass is 10.0. The zero-order valence-corrected chi connectivity index (χ0v) is 18.4. The Balaban J connectivity index is 1.57. The van der Waals surface area contributed by atoms with Gasteiger partial charge >= 0.3 is 5.69 Å². The summed E-state index contributed by atoms with van der Waals surface area (Å²) in [5.74, 6) is 0.457. The maximum absolute atomic E-state index is 12.6. The van der Waals surface area contributed by atoms with Crippen LogP contribution in [-0.4, -0.2) is 56.0 Å². The minimum absolute atomic E-state index is 0.0139. The van der Waals surface area contributed by atoms with Crippen molar-refractivity contribution in [3.63, 3.8) is 0 Å². The second-order valence-electron chi connectivity index (χ2n) is 6.34. The quantitative estimate of drug-likeness (QED) is 0.533. The van der Waals surface area contributed by atoms with E-state index in [1.807, 2.05) is 4.90 Å². The molecule has 1 aliphatic rings. The number of aromatic amines is 2. The van der Waals surface area contributed by atoms with E-state index in [0.29, 0.717) is 38.7 Å². The van der Waals surface area contributed by atoms with Crippen molar-refractivity contribution in [1.82, 2.24) is 30.4 Å². The van der Waals surface area contributed by atoms with Gasteiger partial charge in [-0.2, -0.15) is 5.10 Å². The molecule has 3 N–H and O–H groups in total. The fraction of sp³-hybridized carbons (Fsp3) is 0.533. The summed E-state index contributed by atoms with van der Waals surface area (Å²) >= 11 is 7.92. The van der Waals surface area contributed by atoms with Crippen LogP contribution in [0.25, 0.3) is 0 Å². The number of rotatable bonds is 6. The Morgan fingerprint density at radius 2 is 2.19 bits per heavy atom. The van der Waals surface area contributed by atoms with Gasteiger partial charge in [0.25, 0.3) is 5.91 Å². The van der Waals surface area contributed by atoms with Crippen LogP contribution in [0.15, 0.2) is 12.5 Å². The molecule has 0 saturated carbocycles. The summed E-state index contributed by atoms with van der Waals surface area (Å²) in [7, 11) is 0. The number of aromatic nitrogens is 4. The van der Waals surface area contributed by atoms with Crippen molar-refractivity contribution in [2.75, 3.05) is 13.1 Å². The first-order valence-corrected chi connectivity index (χ1v) is 10.8. The molecule has 3 rings (SSSR count). The van der Waals surface area contributed by atoms with Gasteiger partial charge in [0.15, 0.2) is 9.61 Å². The molecular weight excluding hydrogens is 504 g/mol. The van der Waals surface area contributed by atoms with Crippen LogP contribution in [0, 0.1) is 5.92 Å². The Morgan fingerprint density at radius 3 is 2.81 bits per heavy atom. The van der Waals surface area contributed by atoms with Gasteiger partial charge < -0.3 is 10.2 Å². The molecule has 0 bridgehead atoms. The molecule has 0 aromatic carbocycles. The molecule has 2 amide bonds. The lowest BCUT2D eigenvalue weighted by Crippen LogP contribution is -2.45. The normalized spacial score (nSPS) is 19.4. The Kier molecular flexibility index (Phi) is 6.48. The zero-order valence-electron chi connectivity index (χ0n) is 14.4. The summed E-state index contributed by atoms with van der Waals surface area (Å²) in [5.41, 5.74) is -0.0504. The van der Waals surface area contributed by atoms with E-state index in [0.717, 1.165) is 6.42 Å². The summed E-state index contributed by atoms with van der Waals surface area (Å²) in [5, 5.41) is 8.99. The van der Waals surface area contributed by atoms with E-state index in [1.165, 1.54) is 11.3 Å². The van der Waals surface area contributed by atoms with E-state index in [-0.39, 0.29) is 35.9 Å². The average molecular weight is 522 g/mol. The predicted molar refractivity (Wildman–Crippen MR) is 107 cm³/mol. The minimum atomic E-state index is -0.382. The van der Waals surface area contributed by atoms with Crippen molar-refractivity contribution in [2.45, 2.75) is 32.2 Å². The van der Waals surface area contributed by atoms with Gasteiger partial charge in [0.2, 0.25) is 5.91 Å². The third-order valence-electron chi connectivity index (χ3n) is 4.58. The monoisotopic (exact) mass is 520 g/mol. The molecule has 1 fully saturated rings. The maximum atomic E-state index is 12.6. The van der Waals surface area contributed by atoms with E-state index in [2.05, 4.69) is 64.3 Å². The largest absolute Gasteiger partial charge is 0.349 e. The third-order valence-corrected chi connectivity index (χ3v) is 6.73. The number of likely N-dealkylation sites (tertiary alicyclic amines) is 1. The molecular formula is C15H18Br2N6O3S. The molecule has 1 saturated heterocycles. The van der Waals surface area contributed by atoms with Gasteiger partial charge in [-0.25, -0.2) is 14.9 Å². The van der Waals surface area contributed by atoms with Crippen LogP contribution in [0.5, 0.6) is 0 Å². The van der Waals surface area contributed by atoms with Crippen LogP contribution in [0.2, 0.25) is 0 Å². The van der Waals surface area contributed by atoms with Crippen molar-refractivity contribution in [3.8, 4) is 0 Å². The number of aryl methyl sites for hydroxylation is 1. The lowest BCUT2D eigenvalue weighted by molar-refractivity contribution is -0.132. The number of nitrogens with zero attached hydrogens (tertiary/aromatic N) is 3. The Hall–Kier alpha value is -1.53. The molecule has 0 aliphatic carbocycles. The van der Waals surface area contributed by atoms with Gasteiger partial charge in [0.05, 0.1) is 6.04 Å². The summed E-state index contributed by atoms with van der Waals surface area (Å²) < 4.78 is 1.29. The number of halogens is 2. The molecule has 12 heteroatoms. The highest BCUT2D eigenvalue weighted by molar-refractivity contribution is 9.12. The third kappa shape index (κ3) is 4.85. The van der Waals surface area contributed by atoms with Crippen LogP contribution in [0.4, 0.5) is 0 Å². The first-order chi connectivity index (χ1) is 12.8. The molecule has 27 heavy (non-hydrogen) atoms. The van der Waals surface area contributed by atoms with E-state index >= 15 is 0 Å². The van der Waals surface area contributed by atoms with Gasteiger partial charge in [0.1, 0.15) is 9.61 Å². The van der Waals surface area contributed by atoms with Crippen LogP contribution in [0.3, 0.4) is 0 Å². The van der Waals surface area contributed by atoms with E-state index < -0.39 is 0 Å². The predicted octanol–water partition coefficient (Wildman–Crippen LogP) is 1.68. The fourth-order valence-corrected chi connectivity index (χ4v) is 5.68. The molecule has 146 valence electrons. The molecule has 2 atom stereocenters. The van der Waals surface area contributed by atoms with Gasteiger partial charge in [-0.3, -0.25) is 14.6 Å². The van der Waals surface area contributed by atoms with Crippen molar-refractivity contribution < 1.29 is 9.59 Å². The van der Waals surface area contributed by atoms with E-state index in [4.69, 9.17) is 0 Å². The molecule has 0 radical (unpaired) electrons. The van der Waals surface area contributed by atoms with Crippen LogP contribution >= 0.6 is 43.2 Å². The number of carbonyl (C=O) groups excluding carboxylic acids is 2. The lowest BCUT2D eigenvalue weighted by Gasteiger charge is -2.27. The summed E-state index contributed by atoms with van der Waals surface area (Å²) in [6, 6.07) is -0.0689. The van der Waals surface area contributed by atoms with Crippen molar-refractivity contribution in [2.24, 2.45) is 5.92 Å². The second kappa shape index (κ2) is 8.65.